The van der Waals surface area contributed by atoms with Gasteiger partial charge in [-0.1, -0.05) is 36.4 Å². The van der Waals surface area contributed by atoms with Crippen LogP contribution in [0.3, 0.4) is 0 Å². The summed E-state index contributed by atoms with van der Waals surface area (Å²) in [6, 6.07) is 14.2. The number of esters is 1. The number of nitrogens with two attached hydrogens (primary N) is 1. The van der Waals surface area contributed by atoms with Gasteiger partial charge in [0, 0.05) is 25.3 Å². The molecule has 25 heavy (non-hydrogen) atoms. The van der Waals surface area contributed by atoms with Crippen molar-refractivity contribution in [2.45, 2.75) is 39.3 Å². The number of ether oxygens (including phenoxy) is 1. The molecule has 2 N–H and O–H groups in total. The Bertz CT molecular complexity index is 735. The summed E-state index contributed by atoms with van der Waals surface area (Å²) in [5.74, 6) is -0.304. The minimum absolute atomic E-state index is 0.0273. The maximum atomic E-state index is 12.5. The van der Waals surface area contributed by atoms with Crippen molar-refractivity contribution in [1.82, 2.24) is 4.90 Å². The lowest BCUT2D eigenvalue weighted by atomic mass is 10.0. The highest BCUT2D eigenvalue weighted by molar-refractivity contribution is 5.96. The topological polar surface area (TPSA) is 55.6 Å². The molecular weight excluding hydrogens is 312 g/mol. The number of aryl methyl sites for hydroxylation is 1. The van der Waals surface area contributed by atoms with Crippen LogP contribution in [0.15, 0.2) is 42.5 Å². The second-order valence-electron chi connectivity index (χ2n) is 6.84. The Morgan fingerprint density at radius 2 is 1.80 bits per heavy atom. The molecule has 132 valence electrons. The predicted octanol–water partition coefficient (Wildman–Crippen LogP) is 3.71. The van der Waals surface area contributed by atoms with Crippen LogP contribution in [-0.2, 0) is 11.3 Å². The molecule has 0 unspecified atom stereocenters. The average Bonchev–Trinajstić information content (AvgIpc) is 2.62. The summed E-state index contributed by atoms with van der Waals surface area (Å²) in [6.07, 6.45) is 1.70. The van der Waals surface area contributed by atoms with Crippen molar-refractivity contribution in [2.24, 2.45) is 0 Å². The van der Waals surface area contributed by atoms with Crippen LogP contribution in [0.4, 0.5) is 5.69 Å². The van der Waals surface area contributed by atoms with Crippen LogP contribution >= 0.6 is 0 Å². The predicted molar refractivity (Wildman–Crippen MR) is 100 cm³/mol. The molecule has 2 aromatic rings. The molecule has 1 heterocycles. The zero-order chi connectivity index (χ0) is 17.8. The minimum Gasteiger partial charge on any atom is -0.459 e. The number of nitrogen functional groups attached to an aromatic ring is 1. The fourth-order valence-corrected chi connectivity index (χ4v) is 3.26. The van der Waals surface area contributed by atoms with E-state index >= 15 is 0 Å². The third-order valence-corrected chi connectivity index (χ3v) is 5.06. The van der Waals surface area contributed by atoms with Gasteiger partial charge in [0.25, 0.3) is 0 Å². The van der Waals surface area contributed by atoms with E-state index in [1.165, 1.54) is 5.56 Å². The highest BCUT2D eigenvalue weighted by atomic mass is 16.5. The summed E-state index contributed by atoms with van der Waals surface area (Å²) in [4.78, 5) is 14.9. The van der Waals surface area contributed by atoms with Crippen LogP contribution in [0.5, 0.6) is 0 Å². The summed E-state index contributed by atoms with van der Waals surface area (Å²) in [5.41, 5.74) is 10.5. The first-order valence-electron chi connectivity index (χ1n) is 8.87. The van der Waals surface area contributed by atoms with Crippen LogP contribution in [0.2, 0.25) is 0 Å². The first kappa shape index (κ1) is 17.5. The highest BCUT2D eigenvalue weighted by Gasteiger charge is 2.24. The molecule has 0 atom stereocenters. The van der Waals surface area contributed by atoms with Gasteiger partial charge in [0.1, 0.15) is 6.10 Å². The Morgan fingerprint density at radius 1 is 1.12 bits per heavy atom. The number of nitrogens with zero attached hydrogens (tertiary/aromatic N) is 1. The minimum atomic E-state index is -0.304. The normalized spacial score (nSPS) is 15.9. The molecule has 0 aromatic heterocycles. The second kappa shape index (κ2) is 7.70. The number of hydrogen-bond acceptors (Lipinski definition) is 4. The molecule has 0 radical (unpaired) electrons. The summed E-state index contributed by atoms with van der Waals surface area (Å²) in [7, 11) is 0. The Hall–Kier alpha value is -2.33. The molecule has 0 spiro atoms. The molecule has 2 aromatic carbocycles. The number of benzene rings is 2. The lowest BCUT2D eigenvalue weighted by molar-refractivity contribution is 0.0105. The number of rotatable bonds is 4. The second-order valence-corrected chi connectivity index (χ2v) is 6.84. The maximum absolute atomic E-state index is 12.5. The van der Waals surface area contributed by atoms with E-state index in [0.717, 1.165) is 43.6 Å². The smallest absolute Gasteiger partial charge is 0.340 e. The quantitative estimate of drug-likeness (QED) is 0.682. The third-order valence-electron chi connectivity index (χ3n) is 5.06. The lowest BCUT2D eigenvalue weighted by Crippen LogP contribution is -2.37. The van der Waals surface area contributed by atoms with Crippen LogP contribution < -0.4 is 5.73 Å². The van der Waals surface area contributed by atoms with Crippen molar-refractivity contribution < 1.29 is 9.53 Å². The van der Waals surface area contributed by atoms with Crippen LogP contribution in [0.25, 0.3) is 0 Å². The standard InChI is InChI=1S/C21H26N2O2/c1-15-8-9-19(20(22)16(15)2)21(24)25-18-10-12-23(13-11-18)14-17-6-4-3-5-7-17/h3-9,18H,10-14,22H2,1-2H3. The molecule has 0 bridgehead atoms. The van der Waals surface area contributed by atoms with Gasteiger partial charge in [-0.3, -0.25) is 4.90 Å². The fraction of sp³-hybridized carbons (Fsp3) is 0.381. The molecule has 4 nitrogen and oxygen atoms in total. The van der Waals surface area contributed by atoms with Gasteiger partial charge >= 0.3 is 5.97 Å². The number of carbonyl (C=O) groups is 1. The van der Waals surface area contributed by atoms with Crippen molar-refractivity contribution in [3.63, 3.8) is 0 Å². The first-order valence-corrected chi connectivity index (χ1v) is 8.87. The number of hydrogen-bond donors (Lipinski definition) is 1. The number of carbonyl (C=O) groups excluding carboxylic acids is 1. The molecular formula is C21H26N2O2. The van der Waals surface area contributed by atoms with E-state index in [1.54, 1.807) is 6.07 Å². The van der Waals surface area contributed by atoms with Gasteiger partial charge in [0.15, 0.2) is 0 Å². The van der Waals surface area contributed by atoms with Gasteiger partial charge in [-0.25, -0.2) is 4.79 Å². The molecule has 1 fully saturated rings. The van der Waals surface area contributed by atoms with Crippen LogP contribution in [0.1, 0.15) is 39.9 Å². The molecule has 0 saturated carbocycles. The summed E-state index contributed by atoms with van der Waals surface area (Å²) in [5, 5.41) is 0. The SMILES string of the molecule is Cc1ccc(C(=O)OC2CCN(Cc3ccccc3)CC2)c(N)c1C. The maximum Gasteiger partial charge on any atom is 0.340 e. The number of anilines is 1. The van der Waals surface area contributed by atoms with Gasteiger partial charge in [0.05, 0.1) is 5.56 Å². The summed E-state index contributed by atoms with van der Waals surface area (Å²) < 4.78 is 5.71. The Kier molecular flexibility index (Phi) is 5.39. The van der Waals surface area contributed by atoms with Crippen LogP contribution in [0, 0.1) is 13.8 Å². The number of piperidine rings is 1. The molecule has 1 aliphatic rings. The van der Waals surface area contributed by atoms with Gasteiger partial charge < -0.3 is 10.5 Å². The van der Waals surface area contributed by atoms with Gasteiger partial charge in [-0.15, -0.1) is 0 Å². The van der Waals surface area contributed by atoms with Crippen molar-refractivity contribution >= 4 is 11.7 Å². The van der Waals surface area contributed by atoms with E-state index in [-0.39, 0.29) is 12.1 Å². The number of likely N-dealkylation sites (tertiary alicyclic amines) is 1. The monoisotopic (exact) mass is 338 g/mol. The molecule has 1 aliphatic heterocycles. The van der Waals surface area contributed by atoms with Gasteiger partial charge in [-0.2, -0.15) is 0 Å². The molecule has 1 saturated heterocycles. The van der Waals surface area contributed by atoms with E-state index in [4.69, 9.17) is 10.5 Å². The van der Waals surface area contributed by atoms with E-state index in [0.29, 0.717) is 11.3 Å². The molecule has 0 amide bonds. The molecule has 4 heteroatoms. The zero-order valence-corrected chi connectivity index (χ0v) is 15.0. The summed E-state index contributed by atoms with van der Waals surface area (Å²) >= 11 is 0. The van der Waals surface area contributed by atoms with Crippen molar-refractivity contribution in [3.8, 4) is 0 Å². The van der Waals surface area contributed by atoms with E-state index < -0.39 is 0 Å². The average molecular weight is 338 g/mol. The highest BCUT2D eigenvalue weighted by Crippen LogP contribution is 2.23. The lowest BCUT2D eigenvalue weighted by Gasteiger charge is -2.31. The van der Waals surface area contributed by atoms with Gasteiger partial charge in [0.2, 0.25) is 0 Å². The van der Waals surface area contributed by atoms with Crippen molar-refractivity contribution in [2.75, 3.05) is 18.8 Å². The Balaban J connectivity index is 1.54. The van der Waals surface area contributed by atoms with Gasteiger partial charge in [-0.05, 0) is 49.4 Å². The van der Waals surface area contributed by atoms with Crippen molar-refractivity contribution in [1.29, 1.82) is 0 Å². The largest absolute Gasteiger partial charge is 0.459 e. The van der Waals surface area contributed by atoms with Crippen LogP contribution in [-0.4, -0.2) is 30.1 Å². The fourth-order valence-electron chi connectivity index (χ4n) is 3.26. The Morgan fingerprint density at radius 3 is 2.48 bits per heavy atom. The summed E-state index contributed by atoms with van der Waals surface area (Å²) in [6.45, 7) is 6.75. The Labute approximate surface area is 149 Å². The first-order chi connectivity index (χ1) is 12.0. The molecule has 0 aliphatic carbocycles. The zero-order valence-electron chi connectivity index (χ0n) is 15.0. The van der Waals surface area contributed by atoms with E-state index in [2.05, 4.69) is 29.2 Å². The van der Waals surface area contributed by atoms with E-state index in [1.807, 2.05) is 26.0 Å². The molecule has 3 rings (SSSR count). The van der Waals surface area contributed by atoms with E-state index in [9.17, 15) is 4.79 Å². The van der Waals surface area contributed by atoms with Crippen molar-refractivity contribution in [3.05, 3.63) is 64.7 Å². The third kappa shape index (κ3) is 4.20.